The zero-order chi connectivity index (χ0) is 10.7. The molecule has 0 aromatic carbocycles. The molecular weight excluding hydrogens is 256 g/mol. The maximum absolute atomic E-state index is 4.23. The predicted molar refractivity (Wildman–Crippen MR) is 63.9 cm³/mol. The van der Waals surface area contributed by atoms with Gasteiger partial charge < -0.3 is 10.6 Å². The zero-order valence-corrected chi connectivity index (χ0v) is 10.3. The molecule has 2 heterocycles. The number of aromatic nitrogens is 2. The lowest BCUT2D eigenvalue weighted by Gasteiger charge is -2.34. The molecule has 1 fully saturated rings. The summed E-state index contributed by atoms with van der Waals surface area (Å²) >= 11 is 3.32. The first kappa shape index (κ1) is 10.8. The van der Waals surface area contributed by atoms with E-state index < -0.39 is 0 Å². The highest BCUT2D eigenvalue weighted by atomic mass is 79.9. The van der Waals surface area contributed by atoms with Crippen LogP contribution in [0.25, 0.3) is 0 Å². The van der Waals surface area contributed by atoms with Gasteiger partial charge in [0.05, 0.1) is 4.47 Å². The Hall–Kier alpha value is -0.680. The smallest absolute Gasteiger partial charge is 0.223 e. The van der Waals surface area contributed by atoms with Crippen molar-refractivity contribution < 1.29 is 0 Å². The van der Waals surface area contributed by atoms with E-state index in [9.17, 15) is 0 Å². The van der Waals surface area contributed by atoms with Crippen LogP contribution in [0.4, 0.5) is 5.95 Å². The van der Waals surface area contributed by atoms with Crippen LogP contribution in [0, 0.1) is 0 Å². The second kappa shape index (κ2) is 4.45. The van der Waals surface area contributed by atoms with Gasteiger partial charge in [0.25, 0.3) is 0 Å². The lowest BCUT2D eigenvalue weighted by molar-refractivity contribution is 0.363. The summed E-state index contributed by atoms with van der Waals surface area (Å²) in [6, 6.07) is 0. The number of hydrogen-bond acceptors (Lipinski definition) is 4. The van der Waals surface area contributed by atoms with Gasteiger partial charge in [-0.05, 0) is 48.8 Å². The van der Waals surface area contributed by atoms with Gasteiger partial charge in [0.1, 0.15) is 0 Å². The van der Waals surface area contributed by atoms with E-state index >= 15 is 0 Å². The first-order valence-corrected chi connectivity index (χ1v) is 5.94. The van der Waals surface area contributed by atoms with Gasteiger partial charge in [0, 0.05) is 17.9 Å². The lowest BCUT2D eigenvalue weighted by Crippen LogP contribution is -2.45. The van der Waals surface area contributed by atoms with Gasteiger partial charge in [-0.1, -0.05) is 0 Å². The Labute approximate surface area is 98.0 Å². The summed E-state index contributed by atoms with van der Waals surface area (Å²) in [5.74, 6) is 0.711. The highest BCUT2D eigenvalue weighted by molar-refractivity contribution is 9.10. The summed E-state index contributed by atoms with van der Waals surface area (Å²) in [7, 11) is 0. The third-order valence-electron chi connectivity index (χ3n) is 2.74. The van der Waals surface area contributed by atoms with Crippen molar-refractivity contribution in [1.29, 1.82) is 0 Å². The van der Waals surface area contributed by atoms with Crippen molar-refractivity contribution in [2.75, 3.05) is 18.4 Å². The monoisotopic (exact) mass is 270 g/mol. The van der Waals surface area contributed by atoms with Crippen LogP contribution in [0.5, 0.6) is 0 Å². The van der Waals surface area contributed by atoms with Crippen molar-refractivity contribution >= 4 is 21.9 Å². The SMILES string of the molecule is CC1(Nc2ncc(Br)cn2)CCNCC1. The average molecular weight is 271 g/mol. The van der Waals surface area contributed by atoms with Crippen LogP contribution in [0.2, 0.25) is 0 Å². The molecule has 0 radical (unpaired) electrons. The van der Waals surface area contributed by atoms with Gasteiger partial charge in [-0.2, -0.15) is 0 Å². The third-order valence-corrected chi connectivity index (χ3v) is 3.15. The molecule has 0 saturated carbocycles. The Morgan fingerprint density at radius 3 is 2.53 bits per heavy atom. The highest BCUT2D eigenvalue weighted by Gasteiger charge is 2.26. The summed E-state index contributed by atoms with van der Waals surface area (Å²) < 4.78 is 0.906. The molecule has 5 heteroatoms. The van der Waals surface area contributed by atoms with E-state index in [4.69, 9.17) is 0 Å². The van der Waals surface area contributed by atoms with Gasteiger partial charge in [0.15, 0.2) is 0 Å². The molecule has 4 nitrogen and oxygen atoms in total. The molecule has 0 spiro atoms. The molecular formula is C10H15BrN4. The van der Waals surface area contributed by atoms with Crippen LogP contribution in [0.3, 0.4) is 0 Å². The van der Waals surface area contributed by atoms with Crippen LogP contribution in [-0.2, 0) is 0 Å². The first-order chi connectivity index (χ1) is 7.18. The molecule has 1 aromatic rings. The minimum atomic E-state index is 0.124. The molecule has 1 aliphatic heterocycles. The Bertz CT molecular complexity index is 319. The molecule has 0 bridgehead atoms. The van der Waals surface area contributed by atoms with Crippen LogP contribution in [0.1, 0.15) is 19.8 Å². The molecule has 0 unspecified atom stereocenters. The second-order valence-electron chi connectivity index (χ2n) is 4.16. The van der Waals surface area contributed by atoms with Crippen molar-refractivity contribution in [3.63, 3.8) is 0 Å². The van der Waals surface area contributed by atoms with Crippen LogP contribution in [-0.4, -0.2) is 28.6 Å². The number of rotatable bonds is 2. The third kappa shape index (κ3) is 2.89. The Kier molecular flexibility index (Phi) is 3.21. The fourth-order valence-electron chi connectivity index (χ4n) is 1.75. The van der Waals surface area contributed by atoms with Crippen LogP contribution >= 0.6 is 15.9 Å². The quantitative estimate of drug-likeness (QED) is 0.861. The molecule has 1 saturated heterocycles. The topological polar surface area (TPSA) is 49.8 Å². The number of hydrogen-bond donors (Lipinski definition) is 2. The minimum absolute atomic E-state index is 0.124. The van der Waals surface area contributed by atoms with Crippen molar-refractivity contribution in [3.05, 3.63) is 16.9 Å². The van der Waals surface area contributed by atoms with Crippen LogP contribution in [0.15, 0.2) is 16.9 Å². The van der Waals surface area contributed by atoms with Gasteiger partial charge in [-0.3, -0.25) is 0 Å². The number of halogens is 1. The molecule has 82 valence electrons. The molecule has 1 aliphatic rings. The summed E-state index contributed by atoms with van der Waals surface area (Å²) in [5, 5.41) is 6.75. The Morgan fingerprint density at radius 2 is 1.93 bits per heavy atom. The van der Waals surface area contributed by atoms with E-state index in [-0.39, 0.29) is 5.54 Å². The summed E-state index contributed by atoms with van der Waals surface area (Å²) in [6.45, 7) is 4.33. The van der Waals surface area contributed by atoms with Gasteiger partial charge >= 0.3 is 0 Å². The standard InChI is InChI=1S/C10H15BrN4/c1-10(2-4-12-5-3-10)15-9-13-6-8(11)7-14-9/h6-7,12H,2-5H2,1H3,(H,13,14,15). The summed E-state index contributed by atoms with van der Waals surface area (Å²) in [4.78, 5) is 8.46. The molecule has 0 aliphatic carbocycles. The molecule has 0 amide bonds. The van der Waals surface area contributed by atoms with E-state index in [0.29, 0.717) is 5.95 Å². The predicted octanol–water partition coefficient (Wildman–Crippen LogP) is 1.79. The van der Waals surface area contributed by atoms with E-state index in [1.165, 1.54) is 0 Å². The van der Waals surface area contributed by atoms with E-state index in [0.717, 1.165) is 30.4 Å². The molecule has 2 N–H and O–H groups in total. The number of nitrogens with one attached hydrogen (secondary N) is 2. The highest BCUT2D eigenvalue weighted by Crippen LogP contribution is 2.21. The first-order valence-electron chi connectivity index (χ1n) is 5.14. The maximum atomic E-state index is 4.23. The minimum Gasteiger partial charge on any atom is -0.349 e. The molecule has 1 aromatic heterocycles. The van der Waals surface area contributed by atoms with E-state index in [2.05, 4.69) is 43.5 Å². The van der Waals surface area contributed by atoms with Crippen molar-refractivity contribution in [1.82, 2.24) is 15.3 Å². The van der Waals surface area contributed by atoms with E-state index in [1.807, 2.05) is 0 Å². The lowest BCUT2D eigenvalue weighted by atomic mass is 9.91. The van der Waals surface area contributed by atoms with Gasteiger partial charge in [-0.15, -0.1) is 0 Å². The molecule has 2 rings (SSSR count). The normalized spacial score (nSPS) is 19.9. The van der Waals surface area contributed by atoms with Gasteiger partial charge in [0.2, 0.25) is 5.95 Å². The van der Waals surface area contributed by atoms with Gasteiger partial charge in [-0.25, -0.2) is 9.97 Å². The number of piperidine rings is 1. The fourth-order valence-corrected chi connectivity index (χ4v) is 1.96. The van der Waals surface area contributed by atoms with Crippen molar-refractivity contribution in [2.24, 2.45) is 0 Å². The summed E-state index contributed by atoms with van der Waals surface area (Å²) in [6.07, 6.45) is 5.73. The molecule has 0 atom stereocenters. The van der Waals surface area contributed by atoms with Crippen LogP contribution < -0.4 is 10.6 Å². The maximum Gasteiger partial charge on any atom is 0.223 e. The molecule has 15 heavy (non-hydrogen) atoms. The van der Waals surface area contributed by atoms with E-state index in [1.54, 1.807) is 12.4 Å². The number of nitrogens with zero attached hydrogens (tertiary/aromatic N) is 2. The largest absolute Gasteiger partial charge is 0.349 e. The second-order valence-corrected chi connectivity index (χ2v) is 5.08. The van der Waals surface area contributed by atoms with Crippen molar-refractivity contribution in [3.8, 4) is 0 Å². The Morgan fingerprint density at radius 1 is 1.33 bits per heavy atom. The number of anilines is 1. The summed E-state index contributed by atoms with van der Waals surface area (Å²) in [5.41, 5.74) is 0.124. The van der Waals surface area contributed by atoms with Crippen molar-refractivity contribution in [2.45, 2.75) is 25.3 Å². The zero-order valence-electron chi connectivity index (χ0n) is 8.76. The fraction of sp³-hybridized carbons (Fsp3) is 0.600. The average Bonchev–Trinajstić information content (AvgIpc) is 2.22. The Balaban J connectivity index is 2.03.